The fourth-order valence-corrected chi connectivity index (χ4v) is 5.73. The number of morpholine rings is 1. The Balaban J connectivity index is 1.22. The number of rotatable bonds is 12. The van der Waals surface area contributed by atoms with Gasteiger partial charge in [-0.05, 0) is 42.7 Å². The molecule has 0 saturated carbocycles. The fraction of sp³-hybridized carbons (Fsp3) is 0.290. The van der Waals surface area contributed by atoms with Gasteiger partial charge in [-0.3, -0.25) is 4.98 Å². The number of nitrogens with zero attached hydrogens (tertiary/aromatic N) is 1. The lowest BCUT2D eigenvalue weighted by atomic mass is 10.1. The monoisotopic (exact) mass is 624 g/mol. The predicted octanol–water partition coefficient (Wildman–Crippen LogP) is 4.97. The van der Waals surface area contributed by atoms with Crippen molar-refractivity contribution in [3.63, 3.8) is 0 Å². The summed E-state index contributed by atoms with van der Waals surface area (Å²) in [6, 6.07) is 16.2. The molecule has 0 aliphatic carbocycles. The van der Waals surface area contributed by atoms with Crippen molar-refractivity contribution in [3.8, 4) is 23.0 Å². The van der Waals surface area contributed by atoms with Gasteiger partial charge in [0.05, 0.1) is 37.7 Å². The Morgan fingerprint density at radius 2 is 1.91 bits per heavy atom. The summed E-state index contributed by atoms with van der Waals surface area (Å²) in [5.41, 5.74) is 1.12. The molecule has 2 heterocycles. The van der Waals surface area contributed by atoms with Gasteiger partial charge in [0.15, 0.2) is 23.1 Å². The number of nitrogens with one attached hydrogen (secondary N) is 3. The van der Waals surface area contributed by atoms with Gasteiger partial charge in [0.1, 0.15) is 5.75 Å². The smallest absolute Gasteiger partial charge is 0.332 e. The number of hydrogen-bond donors (Lipinski definition) is 3. The van der Waals surface area contributed by atoms with Gasteiger partial charge in [-0.2, -0.15) is 0 Å². The van der Waals surface area contributed by atoms with Crippen LogP contribution in [-0.2, 0) is 20.5 Å². The molecule has 2 amide bonds. The van der Waals surface area contributed by atoms with E-state index in [1.54, 1.807) is 48.5 Å². The second-order valence-electron chi connectivity index (χ2n) is 10.1. The molecule has 0 bridgehead atoms. The van der Waals surface area contributed by atoms with E-state index in [1.165, 1.54) is 25.4 Å². The highest BCUT2D eigenvalue weighted by Gasteiger charge is 2.18. The molecule has 0 spiro atoms. The van der Waals surface area contributed by atoms with E-state index >= 15 is 4.39 Å². The maximum absolute atomic E-state index is 15.0. The van der Waals surface area contributed by atoms with Gasteiger partial charge in [-0.15, -0.1) is 0 Å². The molecule has 3 aromatic carbocycles. The molecule has 1 atom stereocenters. The van der Waals surface area contributed by atoms with Gasteiger partial charge >= 0.3 is 6.03 Å². The van der Waals surface area contributed by atoms with Crippen LogP contribution < -0.4 is 29.6 Å². The summed E-state index contributed by atoms with van der Waals surface area (Å²) >= 11 is 0. The number of pyridine rings is 1. The van der Waals surface area contributed by atoms with E-state index in [-0.39, 0.29) is 23.3 Å². The lowest BCUT2D eigenvalue weighted by molar-refractivity contribution is 0.0203. The molecule has 1 fully saturated rings. The largest absolute Gasteiger partial charge is 0.493 e. The zero-order valence-corrected chi connectivity index (χ0v) is 24.9. The number of hydrogen-bond acceptors (Lipinski definition) is 9. The second kappa shape index (κ2) is 14.3. The molecular weight excluding hydrogens is 591 g/mol. The fourth-order valence-electron chi connectivity index (χ4n) is 4.70. The Morgan fingerprint density at radius 3 is 2.66 bits per heavy atom. The van der Waals surface area contributed by atoms with Crippen LogP contribution in [0.2, 0.25) is 0 Å². The van der Waals surface area contributed by atoms with Crippen molar-refractivity contribution in [1.29, 1.82) is 0 Å². The van der Waals surface area contributed by atoms with Crippen molar-refractivity contribution < 1.29 is 36.6 Å². The number of carbonyl (C=O) groups excluding carboxylic acids is 1. The standard InChI is InChI=1S/C31H33FN4O7S/c1-40-29-17-24-26(18-30(29)42-14-5-8-23-19-33-13-15-41-23)34-12-11-27(24)43-28-10-9-22(16-25(28)32)35-31(37)36-44(38,39)20-21-6-3-2-4-7-21/h2-4,6-7,9-12,16-18,23,33H,5,8,13-15,19-20H2,1H3,(H2,35,36,37). The number of halogens is 1. The van der Waals surface area contributed by atoms with Crippen LogP contribution in [0.4, 0.5) is 14.9 Å². The average molecular weight is 625 g/mol. The van der Waals surface area contributed by atoms with Crippen LogP contribution in [0.3, 0.4) is 0 Å². The van der Waals surface area contributed by atoms with Crippen molar-refractivity contribution in [2.24, 2.45) is 0 Å². The number of sulfonamides is 1. The minimum atomic E-state index is -3.97. The summed E-state index contributed by atoms with van der Waals surface area (Å²) in [6.07, 6.45) is 3.39. The summed E-state index contributed by atoms with van der Waals surface area (Å²) in [6.45, 7) is 2.89. The average Bonchev–Trinajstić information content (AvgIpc) is 3.00. The Morgan fingerprint density at radius 1 is 1.07 bits per heavy atom. The van der Waals surface area contributed by atoms with Crippen LogP contribution >= 0.6 is 0 Å². The summed E-state index contributed by atoms with van der Waals surface area (Å²) in [4.78, 5) is 16.7. The molecule has 1 unspecified atom stereocenters. The summed E-state index contributed by atoms with van der Waals surface area (Å²) in [5, 5.41) is 6.22. The molecule has 4 aromatic rings. The number of anilines is 1. The molecule has 3 N–H and O–H groups in total. The van der Waals surface area contributed by atoms with E-state index in [4.69, 9.17) is 18.9 Å². The van der Waals surface area contributed by atoms with E-state index in [0.717, 1.165) is 32.0 Å². The Bertz CT molecular complexity index is 1700. The number of methoxy groups -OCH3 is 1. The van der Waals surface area contributed by atoms with Gasteiger partial charge in [0, 0.05) is 42.5 Å². The van der Waals surface area contributed by atoms with Gasteiger partial charge in [0.25, 0.3) is 0 Å². The maximum atomic E-state index is 15.0. The van der Waals surface area contributed by atoms with Crippen molar-refractivity contribution in [1.82, 2.24) is 15.0 Å². The first kappa shape index (κ1) is 31.0. The van der Waals surface area contributed by atoms with Gasteiger partial charge in [-0.25, -0.2) is 22.3 Å². The highest BCUT2D eigenvalue weighted by atomic mass is 32.2. The second-order valence-corrected chi connectivity index (χ2v) is 11.8. The Hall–Kier alpha value is -4.46. The quantitative estimate of drug-likeness (QED) is 0.187. The summed E-state index contributed by atoms with van der Waals surface area (Å²) in [7, 11) is -2.44. The first-order valence-electron chi connectivity index (χ1n) is 14.0. The normalized spacial score (nSPS) is 15.0. The van der Waals surface area contributed by atoms with E-state index in [0.29, 0.717) is 46.9 Å². The van der Waals surface area contributed by atoms with Crippen molar-refractivity contribution in [2.45, 2.75) is 24.7 Å². The molecule has 5 rings (SSSR count). The minimum Gasteiger partial charge on any atom is -0.493 e. The zero-order chi connectivity index (χ0) is 30.9. The van der Waals surface area contributed by atoms with Gasteiger partial charge in [0.2, 0.25) is 10.0 Å². The van der Waals surface area contributed by atoms with Crippen molar-refractivity contribution in [3.05, 3.63) is 84.3 Å². The van der Waals surface area contributed by atoms with Gasteiger partial charge < -0.3 is 29.6 Å². The van der Waals surface area contributed by atoms with Crippen LogP contribution in [0.5, 0.6) is 23.0 Å². The molecular formula is C31H33FN4O7S. The molecule has 1 aliphatic heterocycles. The minimum absolute atomic E-state index is 0.0385. The van der Waals surface area contributed by atoms with Crippen LogP contribution in [-0.4, -0.2) is 58.9 Å². The summed E-state index contributed by atoms with van der Waals surface area (Å²) < 4.78 is 64.8. The third-order valence-corrected chi connectivity index (χ3v) is 7.99. The molecule has 1 saturated heterocycles. The van der Waals surface area contributed by atoms with Crippen LogP contribution in [0.1, 0.15) is 18.4 Å². The van der Waals surface area contributed by atoms with Crippen LogP contribution in [0.15, 0.2) is 72.9 Å². The number of urea groups is 1. The lowest BCUT2D eigenvalue weighted by Gasteiger charge is -2.23. The predicted molar refractivity (Wildman–Crippen MR) is 163 cm³/mol. The number of aromatic nitrogens is 1. The van der Waals surface area contributed by atoms with E-state index in [1.807, 2.05) is 4.72 Å². The summed E-state index contributed by atoms with van der Waals surface area (Å²) in [5.74, 6) is 0.0558. The molecule has 232 valence electrons. The van der Waals surface area contributed by atoms with Gasteiger partial charge in [-0.1, -0.05) is 30.3 Å². The van der Waals surface area contributed by atoms with Crippen molar-refractivity contribution in [2.75, 3.05) is 38.7 Å². The van der Waals surface area contributed by atoms with Crippen LogP contribution in [0, 0.1) is 5.82 Å². The van der Waals surface area contributed by atoms with Crippen LogP contribution in [0.25, 0.3) is 10.9 Å². The lowest BCUT2D eigenvalue weighted by Crippen LogP contribution is -2.38. The topological polar surface area (TPSA) is 137 Å². The highest BCUT2D eigenvalue weighted by molar-refractivity contribution is 7.89. The highest BCUT2D eigenvalue weighted by Crippen LogP contribution is 2.38. The third-order valence-electron chi connectivity index (χ3n) is 6.78. The van der Waals surface area contributed by atoms with E-state index in [2.05, 4.69) is 15.6 Å². The van der Waals surface area contributed by atoms with Crippen molar-refractivity contribution >= 4 is 32.6 Å². The molecule has 0 radical (unpaired) electrons. The number of benzene rings is 3. The zero-order valence-electron chi connectivity index (χ0n) is 24.0. The number of ether oxygens (including phenoxy) is 4. The molecule has 13 heteroatoms. The SMILES string of the molecule is COc1cc2c(Oc3ccc(NC(=O)NS(=O)(=O)Cc4ccccc4)cc3F)ccnc2cc1OCCCC1CNCCO1. The number of carbonyl (C=O) groups is 1. The molecule has 44 heavy (non-hydrogen) atoms. The Labute approximate surface area is 254 Å². The first-order valence-corrected chi connectivity index (χ1v) is 15.7. The number of amides is 2. The van der Waals surface area contributed by atoms with E-state index < -0.39 is 21.9 Å². The molecule has 1 aromatic heterocycles. The van der Waals surface area contributed by atoms with E-state index in [9.17, 15) is 13.2 Å². The maximum Gasteiger partial charge on any atom is 0.332 e. The third kappa shape index (κ3) is 8.34. The first-order chi connectivity index (χ1) is 21.3. The molecule has 1 aliphatic rings. The molecule has 11 nitrogen and oxygen atoms in total. The number of fused-ring (bicyclic) bond motifs is 1. The Kier molecular flexibility index (Phi) is 10.1.